The fraction of sp³-hybridized carbons (Fsp3) is 0.364. The molecule has 1 heterocycles. The van der Waals surface area contributed by atoms with E-state index in [0.717, 1.165) is 6.42 Å². The molecular formula is C11H13FN2O2. The van der Waals surface area contributed by atoms with Crippen molar-refractivity contribution < 1.29 is 13.9 Å². The average Bonchev–Trinajstić information content (AvgIpc) is 2.67. The number of carbonyl (C=O) groups excluding carboxylic acids is 1. The van der Waals surface area contributed by atoms with Gasteiger partial charge < -0.3 is 15.4 Å². The number of benzene rings is 1. The molecule has 16 heavy (non-hydrogen) atoms. The molecule has 0 unspecified atom stereocenters. The molecule has 1 aliphatic heterocycles. The molecule has 1 fully saturated rings. The average molecular weight is 224 g/mol. The molecule has 0 bridgehead atoms. The predicted molar refractivity (Wildman–Crippen MR) is 58.0 cm³/mol. The van der Waals surface area contributed by atoms with Crippen LogP contribution in [-0.2, 0) is 4.79 Å². The Balaban J connectivity index is 2.12. The molecule has 0 aliphatic carbocycles. The van der Waals surface area contributed by atoms with Gasteiger partial charge in [0, 0.05) is 18.3 Å². The number of hydrogen-bond donors (Lipinski definition) is 2. The van der Waals surface area contributed by atoms with Gasteiger partial charge >= 0.3 is 0 Å². The summed E-state index contributed by atoms with van der Waals surface area (Å²) < 4.78 is 18.0. The van der Waals surface area contributed by atoms with E-state index in [1.165, 1.54) is 13.2 Å². The lowest BCUT2D eigenvalue weighted by Crippen LogP contribution is -2.29. The van der Waals surface area contributed by atoms with Crippen molar-refractivity contribution in [3.05, 3.63) is 24.0 Å². The van der Waals surface area contributed by atoms with E-state index in [9.17, 15) is 9.18 Å². The molecule has 1 aromatic rings. The summed E-state index contributed by atoms with van der Waals surface area (Å²) >= 11 is 0. The van der Waals surface area contributed by atoms with Gasteiger partial charge in [-0.1, -0.05) is 0 Å². The predicted octanol–water partition coefficient (Wildman–Crippen LogP) is 1.13. The summed E-state index contributed by atoms with van der Waals surface area (Å²) in [5.74, 6) is -0.268. The highest BCUT2D eigenvalue weighted by Gasteiger charge is 2.23. The van der Waals surface area contributed by atoms with E-state index in [1.54, 1.807) is 12.1 Å². The zero-order valence-corrected chi connectivity index (χ0v) is 8.92. The van der Waals surface area contributed by atoms with Crippen LogP contribution in [0.4, 0.5) is 10.1 Å². The van der Waals surface area contributed by atoms with Gasteiger partial charge in [0.15, 0.2) is 11.6 Å². The Morgan fingerprint density at radius 1 is 1.56 bits per heavy atom. The summed E-state index contributed by atoms with van der Waals surface area (Å²) in [6, 6.07) is 4.20. The van der Waals surface area contributed by atoms with Crippen LogP contribution < -0.4 is 15.4 Å². The van der Waals surface area contributed by atoms with E-state index in [-0.39, 0.29) is 17.7 Å². The topological polar surface area (TPSA) is 50.4 Å². The lowest BCUT2D eigenvalue weighted by Gasteiger charge is -2.12. The Kier molecular flexibility index (Phi) is 2.94. The second-order valence-corrected chi connectivity index (χ2v) is 3.63. The molecule has 0 radical (unpaired) electrons. The summed E-state index contributed by atoms with van der Waals surface area (Å²) in [4.78, 5) is 11.3. The van der Waals surface area contributed by atoms with Crippen molar-refractivity contribution >= 4 is 11.6 Å². The first-order chi connectivity index (χ1) is 7.70. The number of amides is 1. The maximum Gasteiger partial charge on any atom is 0.242 e. The molecule has 4 nitrogen and oxygen atoms in total. The normalized spacial score (nSPS) is 19.4. The summed E-state index contributed by atoms with van der Waals surface area (Å²) in [6.07, 6.45) is 0.735. The Morgan fingerprint density at radius 2 is 2.38 bits per heavy atom. The van der Waals surface area contributed by atoms with Crippen LogP contribution in [0.2, 0.25) is 0 Å². The van der Waals surface area contributed by atoms with Crippen LogP contribution >= 0.6 is 0 Å². The quantitative estimate of drug-likeness (QED) is 0.809. The molecule has 0 spiro atoms. The van der Waals surface area contributed by atoms with Crippen molar-refractivity contribution in [1.29, 1.82) is 0 Å². The largest absolute Gasteiger partial charge is 0.494 e. The minimum Gasteiger partial charge on any atom is -0.494 e. The standard InChI is InChI=1S/C11H13FN2O2/c1-16-10-6-7(2-3-8(10)12)14-9-4-5-13-11(9)15/h2-3,6,9,14H,4-5H2,1H3,(H,13,15)/t9-/m1/s1. The number of methoxy groups -OCH3 is 1. The van der Waals surface area contributed by atoms with Crippen LogP contribution in [0.3, 0.4) is 0 Å². The van der Waals surface area contributed by atoms with Gasteiger partial charge in [-0.15, -0.1) is 0 Å². The van der Waals surface area contributed by atoms with Gasteiger partial charge in [-0.2, -0.15) is 0 Å². The Morgan fingerprint density at radius 3 is 3.00 bits per heavy atom. The summed E-state index contributed by atoms with van der Waals surface area (Å²) in [6.45, 7) is 0.675. The minimum absolute atomic E-state index is 0.0247. The molecule has 1 aliphatic rings. The van der Waals surface area contributed by atoms with Gasteiger partial charge in [-0.05, 0) is 18.6 Å². The fourth-order valence-electron chi connectivity index (χ4n) is 1.68. The number of anilines is 1. The van der Waals surface area contributed by atoms with Gasteiger partial charge in [-0.25, -0.2) is 4.39 Å². The molecule has 5 heteroatoms. The van der Waals surface area contributed by atoms with E-state index in [2.05, 4.69) is 10.6 Å². The van der Waals surface area contributed by atoms with Crippen molar-refractivity contribution in [2.75, 3.05) is 19.0 Å². The van der Waals surface area contributed by atoms with Crippen LogP contribution in [0.5, 0.6) is 5.75 Å². The molecular weight excluding hydrogens is 211 g/mol. The van der Waals surface area contributed by atoms with Gasteiger partial charge in [0.05, 0.1) is 7.11 Å². The molecule has 0 saturated carbocycles. The van der Waals surface area contributed by atoms with E-state index >= 15 is 0 Å². The van der Waals surface area contributed by atoms with Crippen LogP contribution in [0, 0.1) is 5.82 Å². The lowest BCUT2D eigenvalue weighted by molar-refractivity contribution is -0.119. The van der Waals surface area contributed by atoms with E-state index < -0.39 is 5.82 Å². The van der Waals surface area contributed by atoms with Crippen LogP contribution in [0.15, 0.2) is 18.2 Å². The maximum atomic E-state index is 13.1. The SMILES string of the molecule is COc1cc(N[C@@H]2CCNC2=O)ccc1F. The van der Waals surface area contributed by atoms with Crippen molar-refractivity contribution in [3.63, 3.8) is 0 Å². The first kappa shape index (κ1) is 10.7. The number of hydrogen-bond acceptors (Lipinski definition) is 3. The molecule has 1 atom stereocenters. The first-order valence-electron chi connectivity index (χ1n) is 5.08. The van der Waals surface area contributed by atoms with Gasteiger partial charge in [0.1, 0.15) is 6.04 Å². The highest BCUT2D eigenvalue weighted by Crippen LogP contribution is 2.22. The summed E-state index contributed by atoms with van der Waals surface area (Å²) in [7, 11) is 1.41. The van der Waals surface area contributed by atoms with E-state index in [1.807, 2.05) is 0 Å². The maximum absolute atomic E-state index is 13.1. The Labute approximate surface area is 92.8 Å². The second-order valence-electron chi connectivity index (χ2n) is 3.63. The number of ether oxygens (including phenoxy) is 1. The summed E-state index contributed by atoms with van der Waals surface area (Å²) in [5, 5.41) is 5.76. The van der Waals surface area contributed by atoms with Gasteiger partial charge in [0.25, 0.3) is 0 Å². The summed E-state index contributed by atoms with van der Waals surface area (Å²) in [5.41, 5.74) is 0.681. The van der Waals surface area contributed by atoms with Crippen LogP contribution in [0.1, 0.15) is 6.42 Å². The molecule has 86 valence electrons. The molecule has 0 aromatic heterocycles. The number of halogens is 1. The van der Waals surface area contributed by atoms with Crippen molar-refractivity contribution in [2.24, 2.45) is 0 Å². The minimum atomic E-state index is -0.413. The smallest absolute Gasteiger partial charge is 0.242 e. The van der Waals surface area contributed by atoms with Gasteiger partial charge in [0.2, 0.25) is 5.91 Å². The number of nitrogens with one attached hydrogen (secondary N) is 2. The van der Waals surface area contributed by atoms with E-state index in [0.29, 0.717) is 12.2 Å². The zero-order chi connectivity index (χ0) is 11.5. The molecule has 1 aromatic carbocycles. The van der Waals surface area contributed by atoms with Crippen molar-refractivity contribution in [1.82, 2.24) is 5.32 Å². The van der Waals surface area contributed by atoms with Crippen LogP contribution in [-0.4, -0.2) is 25.6 Å². The zero-order valence-electron chi connectivity index (χ0n) is 8.92. The molecule has 1 amide bonds. The Hall–Kier alpha value is -1.78. The lowest BCUT2D eigenvalue weighted by atomic mass is 10.2. The van der Waals surface area contributed by atoms with Crippen molar-refractivity contribution in [2.45, 2.75) is 12.5 Å². The Bertz CT molecular complexity index is 409. The second kappa shape index (κ2) is 4.38. The van der Waals surface area contributed by atoms with E-state index in [4.69, 9.17) is 4.74 Å². The molecule has 2 rings (SSSR count). The third-order valence-electron chi connectivity index (χ3n) is 2.54. The monoisotopic (exact) mass is 224 g/mol. The van der Waals surface area contributed by atoms with Crippen LogP contribution in [0.25, 0.3) is 0 Å². The molecule has 2 N–H and O–H groups in total. The highest BCUT2D eigenvalue weighted by molar-refractivity contribution is 5.86. The third kappa shape index (κ3) is 2.08. The van der Waals surface area contributed by atoms with Gasteiger partial charge in [-0.3, -0.25) is 4.79 Å². The highest BCUT2D eigenvalue weighted by atomic mass is 19.1. The fourth-order valence-corrected chi connectivity index (χ4v) is 1.68. The number of carbonyl (C=O) groups is 1. The molecule has 1 saturated heterocycles. The van der Waals surface area contributed by atoms with Crippen molar-refractivity contribution in [3.8, 4) is 5.75 Å². The number of rotatable bonds is 3. The first-order valence-corrected chi connectivity index (χ1v) is 5.08. The third-order valence-corrected chi connectivity index (χ3v) is 2.54.